The van der Waals surface area contributed by atoms with E-state index in [2.05, 4.69) is 21.2 Å². The number of anilines is 1. The number of nitrogens with one attached hydrogen (secondary N) is 1. The van der Waals surface area contributed by atoms with Crippen molar-refractivity contribution in [3.63, 3.8) is 0 Å². The van der Waals surface area contributed by atoms with Crippen LogP contribution < -0.4 is 5.32 Å². The predicted molar refractivity (Wildman–Crippen MR) is 80.1 cm³/mol. The van der Waals surface area contributed by atoms with Gasteiger partial charge in [-0.05, 0) is 36.4 Å². The number of ketones is 1. The lowest BCUT2D eigenvalue weighted by Crippen LogP contribution is -2.13. The molecule has 0 spiro atoms. The van der Waals surface area contributed by atoms with E-state index in [1.165, 1.54) is 24.3 Å². The quantitative estimate of drug-likeness (QED) is 0.514. The van der Waals surface area contributed by atoms with E-state index in [0.29, 0.717) is 5.56 Å². The van der Waals surface area contributed by atoms with Crippen LogP contribution in [0.2, 0.25) is 0 Å². The predicted octanol–water partition coefficient (Wildman–Crippen LogP) is 3.65. The Morgan fingerprint density at radius 3 is 2.25 bits per heavy atom. The number of non-ortho nitro benzene ring substituents is 1. The lowest BCUT2D eigenvalue weighted by atomic mass is 10.1. The average molecular weight is 335 g/mol. The summed E-state index contributed by atoms with van der Waals surface area (Å²) >= 11 is 3.33. The molecular weight excluding hydrogens is 324 g/mol. The van der Waals surface area contributed by atoms with Gasteiger partial charge in [-0.15, -0.1) is 0 Å². The summed E-state index contributed by atoms with van der Waals surface area (Å²) in [6.45, 7) is 0.138. The zero-order valence-electron chi connectivity index (χ0n) is 10.4. The van der Waals surface area contributed by atoms with Crippen LogP contribution in [-0.2, 0) is 0 Å². The molecule has 2 rings (SSSR count). The lowest BCUT2D eigenvalue weighted by molar-refractivity contribution is -0.384. The van der Waals surface area contributed by atoms with Crippen molar-refractivity contribution >= 4 is 33.1 Å². The number of nitro benzene ring substituents is 1. The number of hydrogen-bond donors (Lipinski definition) is 1. The Balaban J connectivity index is 1.97. The second-order valence-corrected chi connectivity index (χ2v) is 5.00. The van der Waals surface area contributed by atoms with Gasteiger partial charge < -0.3 is 5.32 Å². The number of Topliss-reactive ketones (excluding diaryl/α,β-unsaturated/α-hetero) is 1. The number of nitrogens with zero attached hydrogens (tertiary/aromatic N) is 1. The van der Waals surface area contributed by atoms with Crippen LogP contribution in [0.15, 0.2) is 53.0 Å². The maximum absolute atomic E-state index is 11.9. The van der Waals surface area contributed by atoms with Gasteiger partial charge in [-0.3, -0.25) is 14.9 Å². The first kappa shape index (κ1) is 14.2. The Bertz CT molecular complexity index is 624. The molecule has 0 atom stereocenters. The third kappa shape index (κ3) is 3.64. The summed E-state index contributed by atoms with van der Waals surface area (Å²) in [7, 11) is 0. The highest BCUT2D eigenvalue weighted by atomic mass is 79.9. The third-order valence-electron chi connectivity index (χ3n) is 2.70. The molecule has 2 aromatic carbocycles. The summed E-state index contributed by atoms with van der Waals surface area (Å²) in [4.78, 5) is 22.0. The van der Waals surface area contributed by atoms with E-state index in [1.807, 2.05) is 24.3 Å². The Kier molecular flexibility index (Phi) is 4.47. The normalized spacial score (nSPS) is 10.1. The van der Waals surface area contributed by atoms with Crippen molar-refractivity contribution in [2.45, 2.75) is 0 Å². The van der Waals surface area contributed by atoms with E-state index < -0.39 is 4.92 Å². The summed E-state index contributed by atoms with van der Waals surface area (Å²) in [5.41, 5.74) is 1.26. The van der Waals surface area contributed by atoms with Crippen LogP contribution in [-0.4, -0.2) is 17.3 Å². The summed E-state index contributed by atoms with van der Waals surface area (Å²) in [6.07, 6.45) is 0. The summed E-state index contributed by atoms with van der Waals surface area (Å²) < 4.78 is 0.963. The standard InChI is InChI=1S/C14H11BrN2O3/c15-11-3-5-12(6-4-11)16-9-14(18)10-1-7-13(8-2-10)17(19)20/h1-8,16H,9H2. The van der Waals surface area contributed by atoms with Gasteiger partial charge in [0.1, 0.15) is 0 Å². The molecule has 0 fully saturated rings. The molecule has 0 saturated carbocycles. The average Bonchev–Trinajstić information content (AvgIpc) is 2.46. The van der Waals surface area contributed by atoms with Crippen LogP contribution in [0, 0.1) is 10.1 Å². The summed E-state index contributed by atoms with van der Waals surface area (Å²) in [5, 5.41) is 13.5. The number of halogens is 1. The van der Waals surface area contributed by atoms with Gasteiger partial charge in [-0.1, -0.05) is 15.9 Å². The Labute approximate surface area is 123 Å². The minimum Gasteiger partial charge on any atom is -0.378 e. The number of hydrogen-bond acceptors (Lipinski definition) is 4. The Morgan fingerprint density at radius 2 is 1.70 bits per heavy atom. The van der Waals surface area contributed by atoms with Crippen LogP contribution >= 0.6 is 15.9 Å². The topological polar surface area (TPSA) is 72.2 Å². The summed E-state index contributed by atoms with van der Waals surface area (Å²) in [5.74, 6) is -0.122. The van der Waals surface area contributed by atoms with Crippen molar-refractivity contribution in [3.05, 3.63) is 68.7 Å². The van der Waals surface area contributed by atoms with E-state index in [1.54, 1.807) is 0 Å². The van der Waals surface area contributed by atoms with Gasteiger partial charge in [0.25, 0.3) is 5.69 Å². The molecule has 0 radical (unpaired) electrons. The van der Waals surface area contributed by atoms with Crippen LogP contribution in [0.25, 0.3) is 0 Å². The molecule has 0 aromatic heterocycles. The van der Waals surface area contributed by atoms with Crippen LogP contribution in [0.4, 0.5) is 11.4 Å². The number of carbonyl (C=O) groups is 1. The van der Waals surface area contributed by atoms with Gasteiger partial charge in [0.05, 0.1) is 11.5 Å². The van der Waals surface area contributed by atoms with E-state index in [4.69, 9.17) is 0 Å². The number of rotatable bonds is 5. The molecule has 0 unspecified atom stereocenters. The molecule has 0 heterocycles. The second kappa shape index (κ2) is 6.29. The second-order valence-electron chi connectivity index (χ2n) is 4.09. The molecule has 20 heavy (non-hydrogen) atoms. The van der Waals surface area contributed by atoms with Gasteiger partial charge in [-0.2, -0.15) is 0 Å². The van der Waals surface area contributed by atoms with Crippen molar-refractivity contribution < 1.29 is 9.72 Å². The molecule has 102 valence electrons. The van der Waals surface area contributed by atoms with Crippen molar-refractivity contribution in [2.75, 3.05) is 11.9 Å². The lowest BCUT2D eigenvalue weighted by Gasteiger charge is -2.05. The first-order valence-electron chi connectivity index (χ1n) is 5.83. The Morgan fingerprint density at radius 1 is 1.10 bits per heavy atom. The van der Waals surface area contributed by atoms with Crippen molar-refractivity contribution in [2.24, 2.45) is 0 Å². The minimum absolute atomic E-state index is 0.0255. The fourth-order valence-electron chi connectivity index (χ4n) is 1.62. The first-order chi connectivity index (χ1) is 9.56. The highest BCUT2D eigenvalue weighted by molar-refractivity contribution is 9.10. The van der Waals surface area contributed by atoms with Crippen molar-refractivity contribution in [1.29, 1.82) is 0 Å². The fraction of sp³-hybridized carbons (Fsp3) is 0.0714. The molecule has 2 aromatic rings. The minimum atomic E-state index is -0.492. The molecule has 0 aliphatic carbocycles. The molecule has 6 heteroatoms. The highest BCUT2D eigenvalue weighted by Crippen LogP contribution is 2.15. The number of carbonyl (C=O) groups excluding carboxylic acids is 1. The molecular formula is C14H11BrN2O3. The van der Waals surface area contributed by atoms with E-state index >= 15 is 0 Å². The fourth-order valence-corrected chi connectivity index (χ4v) is 1.89. The SMILES string of the molecule is O=C(CNc1ccc(Br)cc1)c1ccc([N+](=O)[O-])cc1. The smallest absolute Gasteiger partial charge is 0.269 e. The molecule has 5 nitrogen and oxygen atoms in total. The van der Waals surface area contributed by atoms with E-state index in [-0.39, 0.29) is 18.0 Å². The van der Waals surface area contributed by atoms with Gasteiger partial charge >= 0.3 is 0 Å². The number of benzene rings is 2. The maximum atomic E-state index is 11.9. The number of nitro groups is 1. The van der Waals surface area contributed by atoms with Crippen molar-refractivity contribution in [1.82, 2.24) is 0 Å². The van der Waals surface area contributed by atoms with Crippen LogP contribution in [0.5, 0.6) is 0 Å². The first-order valence-corrected chi connectivity index (χ1v) is 6.62. The summed E-state index contributed by atoms with van der Waals surface area (Å²) in [6, 6.07) is 13.0. The van der Waals surface area contributed by atoms with E-state index in [0.717, 1.165) is 10.2 Å². The monoisotopic (exact) mass is 334 g/mol. The van der Waals surface area contributed by atoms with Crippen LogP contribution in [0.3, 0.4) is 0 Å². The third-order valence-corrected chi connectivity index (χ3v) is 3.23. The molecule has 0 bridgehead atoms. The van der Waals surface area contributed by atoms with Crippen molar-refractivity contribution in [3.8, 4) is 0 Å². The highest BCUT2D eigenvalue weighted by Gasteiger charge is 2.09. The van der Waals surface area contributed by atoms with Gasteiger partial charge in [-0.25, -0.2) is 0 Å². The van der Waals surface area contributed by atoms with Gasteiger partial charge in [0, 0.05) is 27.9 Å². The maximum Gasteiger partial charge on any atom is 0.269 e. The van der Waals surface area contributed by atoms with Crippen LogP contribution in [0.1, 0.15) is 10.4 Å². The molecule has 0 aliphatic heterocycles. The zero-order valence-corrected chi connectivity index (χ0v) is 12.0. The largest absolute Gasteiger partial charge is 0.378 e. The molecule has 0 saturated heterocycles. The van der Waals surface area contributed by atoms with E-state index in [9.17, 15) is 14.9 Å². The molecule has 0 amide bonds. The molecule has 1 N–H and O–H groups in total. The molecule has 0 aliphatic rings. The zero-order chi connectivity index (χ0) is 14.5. The Hall–Kier alpha value is -2.21. The van der Waals surface area contributed by atoms with Gasteiger partial charge in [0.15, 0.2) is 5.78 Å². The van der Waals surface area contributed by atoms with Gasteiger partial charge in [0.2, 0.25) is 0 Å².